The summed E-state index contributed by atoms with van der Waals surface area (Å²) in [5, 5.41) is 44.5. The Morgan fingerprint density at radius 2 is 1.21 bits per heavy atom. The summed E-state index contributed by atoms with van der Waals surface area (Å²) in [6.07, 6.45) is 22.6. The van der Waals surface area contributed by atoms with Crippen LogP contribution in [0.15, 0.2) is 12.2 Å². The van der Waals surface area contributed by atoms with E-state index in [-0.39, 0.29) is 18.9 Å². The minimum absolute atomic E-state index is 0.265. The SMILES string of the molecule is CCCCCCCCCCCCCCC/C=C/C(O)C(COC1OC(CO)C(O)C(OS(=O)(=O)O)C1O)NC(=O)CCCCCCCCCCCC. The van der Waals surface area contributed by atoms with Crippen LogP contribution in [0.1, 0.15) is 174 Å². The third kappa shape index (κ3) is 24.3. The number of ether oxygens (including phenoxy) is 2. The molecule has 6 N–H and O–H groups in total. The van der Waals surface area contributed by atoms with Crippen LogP contribution < -0.4 is 5.32 Å². The number of unbranched alkanes of at least 4 members (excludes halogenated alkanes) is 22. The first kappa shape index (κ1) is 48.9. The van der Waals surface area contributed by atoms with E-state index < -0.39 is 59.9 Å². The van der Waals surface area contributed by atoms with Crippen LogP contribution in [0, 0.1) is 0 Å². The zero-order valence-corrected chi connectivity index (χ0v) is 33.2. The van der Waals surface area contributed by atoms with Crippen LogP contribution in [-0.4, -0.2) is 95.4 Å². The standard InChI is InChI=1S/C39H75NO11S/c1-3-5-7-9-11-13-15-16-17-18-19-20-22-24-26-28-33(42)32(40-35(43)29-27-25-23-21-14-12-10-8-6-4-2)31-49-39-37(45)38(51-52(46,47)48)36(44)34(30-41)50-39/h26,28,32-34,36-39,41-42,44-45H,3-25,27,29-31H2,1-2H3,(H,40,43)(H,46,47,48)/b28-26+. The number of amides is 1. The van der Waals surface area contributed by atoms with Gasteiger partial charge in [0, 0.05) is 6.42 Å². The molecule has 0 bridgehead atoms. The van der Waals surface area contributed by atoms with Gasteiger partial charge in [0.1, 0.15) is 24.4 Å². The lowest BCUT2D eigenvalue weighted by molar-refractivity contribution is -0.298. The molecular weight excluding hydrogens is 690 g/mol. The summed E-state index contributed by atoms with van der Waals surface area (Å²) < 4.78 is 47.4. The highest BCUT2D eigenvalue weighted by molar-refractivity contribution is 7.80. The third-order valence-electron chi connectivity index (χ3n) is 9.82. The lowest BCUT2D eigenvalue weighted by atomic mass is 9.99. The van der Waals surface area contributed by atoms with E-state index in [0.29, 0.717) is 6.42 Å². The van der Waals surface area contributed by atoms with Gasteiger partial charge in [-0.25, -0.2) is 4.18 Å². The Balaban J connectivity index is 2.60. The maximum Gasteiger partial charge on any atom is 0.397 e. The van der Waals surface area contributed by atoms with Gasteiger partial charge in [0.05, 0.1) is 25.4 Å². The average molecular weight is 766 g/mol. The second-order valence-corrected chi connectivity index (χ2v) is 15.6. The number of carbonyl (C=O) groups excluding carboxylic acids is 1. The summed E-state index contributed by atoms with van der Waals surface area (Å²) in [7, 11) is -5.08. The van der Waals surface area contributed by atoms with Crippen molar-refractivity contribution in [1.82, 2.24) is 5.32 Å². The normalized spacial score (nSPS) is 22.2. The molecule has 1 aliphatic rings. The number of carbonyl (C=O) groups is 1. The largest absolute Gasteiger partial charge is 0.397 e. The first-order chi connectivity index (χ1) is 25.0. The van der Waals surface area contributed by atoms with Gasteiger partial charge < -0.3 is 35.2 Å². The van der Waals surface area contributed by atoms with E-state index in [1.807, 2.05) is 6.08 Å². The number of allylic oxidation sites excluding steroid dienone is 1. The molecule has 0 aromatic carbocycles. The summed E-state index contributed by atoms with van der Waals surface area (Å²) >= 11 is 0. The van der Waals surface area contributed by atoms with Crippen LogP contribution in [0.25, 0.3) is 0 Å². The molecule has 1 amide bonds. The van der Waals surface area contributed by atoms with Gasteiger partial charge in [-0.05, 0) is 19.3 Å². The summed E-state index contributed by atoms with van der Waals surface area (Å²) in [4.78, 5) is 12.9. The Bertz CT molecular complexity index is 999. The van der Waals surface area contributed by atoms with Gasteiger partial charge in [0.15, 0.2) is 6.29 Å². The zero-order valence-electron chi connectivity index (χ0n) is 32.4. The van der Waals surface area contributed by atoms with E-state index in [2.05, 4.69) is 23.3 Å². The molecule has 1 rings (SSSR count). The molecule has 308 valence electrons. The van der Waals surface area contributed by atoms with E-state index in [0.717, 1.165) is 38.5 Å². The van der Waals surface area contributed by atoms with E-state index in [1.54, 1.807) is 6.08 Å². The van der Waals surface area contributed by atoms with E-state index in [9.17, 15) is 33.6 Å². The number of hydrogen-bond acceptors (Lipinski definition) is 10. The Hall–Kier alpha value is -1.16. The Morgan fingerprint density at radius 1 is 0.750 bits per heavy atom. The molecule has 0 saturated carbocycles. The monoisotopic (exact) mass is 766 g/mol. The van der Waals surface area contributed by atoms with Gasteiger partial charge in [-0.1, -0.05) is 161 Å². The number of aliphatic hydroxyl groups is 4. The molecule has 0 aliphatic carbocycles. The van der Waals surface area contributed by atoms with E-state index in [4.69, 9.17) is 14.0 Å². The van der Waals surface area contributed by atoms with Gasteiger partial charge in [-0.2, -0.15) is 8.42 Å². The van der Waals surface area contributed by atoms with Crippen LogP contribution in [0.3, 0.4) is 0 Å². The predicted octanol–water partition coefficient (Wildman–Crippen LogP) is 6.82. The Labute approximate surface area is 315 Å². The van der Waals surface area contributed by atoms with Crippen LogP contribution >= 0.6 is 0 Å². The fourth-order valence-corrected chi connectivity index (χ4v) is 7.08. The van der Waals surface area contributed by atoms with Gasteiger partial charge in [-0.15, -0.1) is 0 Å². The lowest BCUT2D eigenvalue weighted by Crippen LogP contribution is -2.61. The molecule has 7 atom stereocenters. The summed E-state index contributed by atoms with van der Waals surface area (Å²) in [5.41, 5.74) is 0. The van der Waals surface area contributed by atoms with Gasteiger partial charge in [0.2, 0.25) is 5.91 Å². The molecule has 1 fully saturated rings. The third-order valence-corrected chi connectivity index (χ3v) is 10.3. The smallest absolute Gasteiger partial charge is 0.394 e. The highest BCUT2D eigenvalue weighted by atomic mass is 32.3. The van der Waals surface area contributed by atoms with Crippen molar-refractivity contribution in [3.63, 3.8) is 0 Å². The molecule has 1 aliphatic heterocycles. The second kappa shape index (κ2) is 31.1. The Morgan fingerprint density at radius 3 is 1.67 bits per heavy atom. The van der Waals surface area contributed by atoms with E-state index in [1.165, 1.54) is 109 Å². The molecule has 52 heavy (non-hydrogen) atoms. The Kier molecular flexibility index (Phi) is 29.2. The minimum atomic E-state index is -5.08. The molecule has 1 saturated heterocycles. The van der Waals surface area contributed by atoms with E-state index >= 15 is 0 Å². The topological polar surface area (TPSA) is 192 Å². The van der Waals surface area contributed by atoms with Gasteiger partial charge in [-0.3, -0.25) is 9.35 Å². The quantitative estimate of drug-likeness (QED) is 0.0229. The van der Waals surface area contributed by atoms with Crippen LogP contribution in [0.5, 0.6) is 0 Å². The molecule has 0 aromatic heterocycles. The molecule has 0 aromatic rings. The zero-order chi connectivity index (χ0) is 38.5. The molecule has 1 heterocycles. The number of nitrogens with one attached hydrogen (secondary N) is 1. The molecule has 0 radical (unpaired) electrons. The summed E-state index contributed by atoms with van der Waals surface area (Å²) in [6.45, 7) is 3.35. The highest BCUT2D eigenvalue weighted by Crippen LogP contribution is 2.26. The predicted molar refractivity (Wildman–Crippen MR) is 204 cm³/mol. The van der Waals surface area contributed by atoms with Crippen molar-refractivity contribution in [3.05, 3.63) is 12.2 Å². The van der Waals surface area contributed by atoms with Crippen LogP contribution in [0.2, 0.25) is 0 Å². The molecule has 0 spiro atoms. The summed E-state index contributed by atoms with van der Waals surface area (Å²) in [5.74, 6) is -0.265. The van der Waals surface area contributed by atoms with Gasteiger partial charge in [0.25, 0.3) is 0 Å². The number of aliphatic hydroxyl groups excluding tert-OH is 4. The average Bonchev–Trinajstić information content (AvgIpc) is 3.11. The first-order valence-electron chi connectivity index (χ1n) is 20.6. The number of hydrogen-bond donors (Lipinski definition) is 6. The molecule has 13 heteroatoms. The van der Waals surface area contributed by atoms with Crippen LogP contribution in [-0.2, 0) is 28.9 Å². The molecule has 12 nitrogen and oxygen atoms in total. The van der Waals surface area contributed by atoms with Crippen molar-refractivity contribution in [3.8, 4) is 0 Å². The highest BCUT2D eigenvalue weighted by Gasteiger charge is 2.48. The minimum Gasteiger partial charge on any atom is -0.394 e. The maximum atomic E-state index is 12.9. The fourth-order valence-electron chi connectivity index (χ4n) is 6.57. The number of rotatable bonds is 34. The van der Waals surface area contributed by atoms with Crippen molar-refractivity contribution in [2.75, 3.05) is 13.2 Å². The van der Waals surface area contributed by atoms with Crippen molar-refractivity contribution in [1.29, 1.82) is 0 Å². The molecule has 7 unspecified atom stereocenters. The molecular formula is C39H75NO11S. The fraction of sp³-hybridized carbons (Fsp3) is 0.923. The second-order valence-electron chi connectivity index (χ2n) is 14.6. The lowest BCUT2D eigenvalue weighted by Gasteiger charge is -2.41. The summed E-state index contributed by atoms with van der Waals surface area (Å²) in [6, 6.07) is -0.935. The maximum absolute atomic E-state index is 12.9. The van der Waals surface area contributed by atoms with Gasteiger partial charge >= 0.3 is 10.4 Å². The van der Waals surface area contributed by atoms with Crippen molar-refractivity contribution < 1.29 is 51.8 Å². The van der Waals surface area contributed by atoms with Crippen molar-refractivity contribution >= 4 is 16.3 Å². The van der Waals surface area contributed by atoms with Crippen molar-refractivity contribution in [2.45, 2.75) is 217 Å². The van der Waals surface area contributed by atoms with Crippen molar-refractivity contribution in [2.24, 2.45) is 0 Å². The first-order valence-corrected chi connectivity index (χ1v) is 21.9. The van der Waals surface area contributed by atoms with Crippen LogP contribution in [0.4, 0.5) is 0 Å².